The lowest BCUT2D eigenvalue weighted by molar-refractivity contribution is 0.496. The molecule has 0 amide bonds. The summed E-state index contributed by atoms with van der Waals surface area (Å²) in [4.78, 5) is 0.0943. The minimum Gasteiger partial charge on any atom is -0.389 e. The minimum atomic E-state index is -1.25. The molecular formula is C13H8BrF3N2S. The van der Waals surface area contributed by atoms with E-state index < -0.39 is 17.5 Å². The number of halogens is 4. The maximum absolute atomic E-state index is 13.6. The monoisotopic (exact) mass is 360 g/mol. The van der Waals surface area contributed by atoms with Crippen molar-refractivity contribution in [3.63, 3.8) is 0 Å². The van der Waals surface area contributed by atoms with E-state index >= 15 is 0 Å². The molecule has 0 aliphatic carbocycles. The molecule has 7 heteroatoms. The number of benzene rings is 2. The Hall–Kier alpha value is -1.60. The SMILES string of the molecule is NC(=S)c1cc(Br)ccc1Nc1cc(F)c(F)cc1F. The van der Waals surface area contributed by atoms with Crippen LogP contribution in [0.4, 0.5) is 24.5 Å². The lowest BCUT2D eigenvalue weighted by Crippen LogP contribution is -2.12. The van der Waals surface area contributed by atoms with Gasteiger partial charge in [-0.15, -0.1) is 0 Å². The van der Waals surface area contributed by atoms with Crippen LogP contribution in [-0.2, 0) is 0 Å². The second-order valence-corrected chi connectivity index (χ2v) is 5.28. The standard InChI is InChI=1S/C13H8BrF3N2S/c14-6-1-2-11(7(3-6)13(18)20)19-12-5-9(16)8(15)4-10(12)17/h1-5,19H,(H2,18,20). The first-order valence-electron chi connectivity index (χ1n) is 5.39. The molecule has 2 aromatic rings. The molecule has 0 bridgehead atoms. The number of thiocarbonyl (C=S) groups is 1. The lowest BCUT2D eigenvalue weighted by Gasteiger charge is -2.12. The molecule has 0 fully saturated rings. The number of hydrogen-bond donors (Lipinski definition) is 2. The zero-order chi connectivity index (χ0) is 14.9. The smallest absolute Gasteiger partial charge is 0.161 e. The van der Waals surface area contributed by atoms with E-state index in [1.165, 1.54) is 0 Å². The first kappa shape index (κ1) is 14.8. The summed E-state index contributed by atoms with van der Waals surface area (Å²) in [6.07, 6.45) is 0. The van der Waals surface area contributed by atoms with Gasteiger partial charge in [0.05, 0.1) is 5.69 Å². The zero-order valence-electron chi connectivity index (χ0n) is 9.88. The molecule has 2 aromatic carbocycles. The van der Waals surface area contributed by atoms with Crippen LogP contribution >= 0.6 is 28.1 Å². The van der Waals surface area contributed by atoms with Crippen LogP contribution in [0.1, 0.15) is 5.56 Å². The predicted molar refractivity (Wildman–Crippen MR) is 79.6 cm³/mol. The second kappa shape index (κ2) is 5.80. The summed E-state index contributed by atoms with van der Waals surface area (Å²) in [5, 5.41) is 2.65. The van der Waals surface area contributed by atoms with Gasteiger partial charge in [0.15, 0.2) is 11.6 Å². The van der Waals surface area contributed by atoms with Gasteiger partial charge in [-0.2, -0.15) is 0 Å². The van der Waals surface area contributed by atoms with Gasteiger partial charge in [-0.05, 0) is 18.2 Å². The number of nitrogens with two attached hydrogens (primary N) is 1. The third kappa shape index (κ3) is 3.10. The van der Waals surface area contributed by atoms with Crippen LogP contribution in [-0.4, -0.2) is 4.99 Å². The van der Waals surface area contributed by atoms with E-state index in [9.17, 15) is 13.2 Å². The van der Waals surface area contributed by atoms with Crippen molar-refractivity contribution in [2.75, 3.05) is 5.32 Å². The largest absolute Gasteiger partial charge is 0.389 e. The van der Waals surface area contributed by atoms with Gasteiger partial charge in [0, 0.05) is 27.9 Å². The number of anilines is 2. The summed E-state index contributed by atoms with van der Waals surface area (Å²) in [6.45, 7) is 0. The van der Waals surface area contributed by atoms with Crippen molar-refractivity contribution in [3.05, 3.63) is 57.8 Å². The van der Waals surface area contributed by atoms with Crippen LogP contribution in [0.5, 0.6) is 0 Å². The maximum atomic E-state index is 13.6. The molecule has 0 saturated heterocycles. The first-order valence-corrected chi connectivity index (χ1v) is 6.59. The maximum Gasteiger partial charge on any atom is 0.161 e. The number of nitrogens with one attached hydrogen (secondary N) is 1. The third-order valence-corrected chi connectivity index (χ3v) is 3.24. The average Bonchev–Trinajstić information content (AvgIpc) is 2.37. The summed E-state index contributed by atoms with van der Waals surface area (Å²) >= 11 is 8.15. The van der Waals surface area contributed by atoms with Gasteiger partial charge in [-0.25, -0.2) is 13.2 Å². The molecular weight excluding hydrogens is 353 g/mol. The highest BCUT2D eigenvalue weighted by molar-refractivity contribution is 9.10. The van der Waals surface area contributed by atoms with E-state index in [-0.39, 0.29) is 10.7 Å². The summed E-state index contributed by atoms with van der Waals surface area (Å²) in [5.41, 5.74) is 6.22. The van der Waals surface area contributed by atoms with Gasteiger partial charge in [0.2, 0.25) is 0 Å². The summed E-state index contributed by atoms with van der Waals surface area (Å²) < 4.78 is 40.3. The fraction of sp³-hybridized carbons (Fsp3) is 0. The Labute approximate surface area is 126 Å². The molecule has 2 rings (SSSR count). The van der Waals surface area contributed by atoms with Crippen molar-refractivity contribution in [2.45, 2.75) is 0 Å². The molecule has 0 aliphatic heterocycles. The summed E-state index contributed by atoms with van der Waals surface area (Å²) in [5.74, 6) is -3.32. The van der Waals surface area contributed by atoms with Crippen molar-refractivity contribution < 1.29 is 13.2 Å². The normalized spacial score (nSPS) is 10.4. The average molecular weight is 361 g/mol. The quantitative estimate of drug-likeness (QED) is 0.634. The van der Waals surface area contributed by atoms with Crippen LogP contribution in [0.15, 0.2) is 34.8 Å². The first-order chi connectivity index (χ1) is 9.38. The third-order valence-electron chi connectivity index (χ3n) is 2.53. The highest BCUT2D eigenvalue weighted by atomic mass is 79.9. The Morgan fingerprint density at radius 3 is 2.30 bits per heavy atom. The Morgan fingerprint density at radius 1 is 1.00 bits per heavy atom. The van der Waals surface area contributed by atoms with E-state index in [1.807, 2.05) is 0 Å². The highest BCUT2D eigenvalue weighted by Gasteiger charge is 2.12. The molecule has 0 heterocycles. The Balaban J connectivity index is 2.45. The second-order valence-electron chi connectivity index (χ2n) is 3.93. The van der Waals surface area contributed by atoms with Gasteiger partial charge < -0.3 is 11.1 Å². The predicted octanol–water partition coefficient (Wildman–Crippen LogP) is 4.24. The van der Waals surface area contributed by atoms with Crippen LogP contribution in [0, 0.1) is 17.5 Å². The molecule has 3 N–H and O–H groups in total. The van der Waals surface area contributed by atoms with Gasteiger partial charge in [-0.3, -0.25) is 0 Å². The van der Waals surface area contributed by atoms with Crippen molar-refractivity contribution >= 4 is 44.5 Å². The topological polar surface area (TPSA) is 38.0 Å². The van der Waals surface area contributed by atoms with Crippen LogP contribution in [0.2, 0.25) is 0 Å². The molecule has 0 aliphatic rings. The van der Waals surface area contributed by atoms with Crippen molar-refractivity contribution in [1.29, 1.82) is 0 Å². The van der Waals surface area contributed by atoms with Gasteiger partial charge >= 0.3 is 0 Å². The fourth-order valence-electron chi connectivity index (χ4n) is 1.59. The lowest BCUT2D eigenvalue weighted by atomic mass is 10.1. The van der Waals surface area contributed by atoms with Gasteiger partial charge in [0.25, 0.3) is 0 Å². The summed E-state index contributed by atoms with van der Waals surface area (Å²) in [6, 6.07) is 6.12. The molecule has 20 heavy (non-hydrogen) atoms. The minimum absolute atomic E-state index is 0.0943. The molecule has 0 atom stereocenters. The summed E-state index contributed by atoms with van der Waals surface area (Å²) in [7, 11) is 0. The zero-order valence-corrected chi connectivity index (χ0v) is 12.3. The van der Waals surface area contributed by atoms with Gasteiger partial charge in [-0.1, -0.05) is 28.1 Å². The molecule has 0 unspecified atom stereocenters. The highest BCUT2D eigenvalue weighted by Crippen LogP contribution is 2.27. The van der Waals surface area contributed by atoms with E-state index in [1.54, 1.807) is 18.2 Å². The molecule has 0 spiro atoms. The van der Waals surface area contributed by atoms with E-state index in [0.717, 1.165) is 10.5 Å². The van der Waals surface area contributed by atoms with E-state index in [0.29, 0.717) is 17.3 Å². The number of hydrogen-bond acceptors (Lipinski definition) is 2. The van der Waals surface area contributed by atoms with Gasteiger partial charge in [0.1, 0.15) is 10.8 Å². The van der Waals surface area contributed by atoms with Crippen molar-refractivity contribution in [2.24, 2.45) is 5.73 Å². The molecule has 104 valence electrons. The molecule has 2 nitrogen and oxygen atoms in total. The van der Waals surface area contributed by atoms with Crippen LogP contribution in [0.25, 0.3) is 0 Å². The van der Waals surface area contributed by atoms with E-state index in [4.69, 9.17) is 18.0 Å². The fourth-order valence-corrected chi connectivity index (χ4v) is 2.12. The molecule has 0 radical (unpaired) electrons. The van der Waals surface area contributed by atoms with E-state index in [2.05, 4.69) is 21.2 Å². The Morgan fingerprint density at radius 2 is 1.65 bits per heavy atom. The Kier molecular flexibility index (Phi) is 4.29. The molecule has 0 aromatic heterocycles. The van der Waals surface area contributed by atoms with Crippen molar-refractivity contribution in [1.82, 2.24) is 0 Å². The Bertz CT molecular complexity index is 692. The molecule has 0 saturated carbocycles. The van der Waals surface area contributed by atoms with Crippen LogP contribution in [0.3, 0.4) is 0 Å². The number of rotatable bonds is 3. The van der Waals surface area contributed by atoms with Crippen molar-refractivity contribution in [3.8, 4) is 0 Å². The van der Waals surface area contributed by atoms with Crippen LogP contribution < -0.4 is 11.1 Å².